The lowest BCUT2D eigenvalue weighted by Crippen LogP contribution is -2.72. The molecule has 1 rings (SSSR count). The third-order valence-electron chi connectivity index (χ3n) is 3.09. The van der Waals surface area contributed by atoms with Gasteiger partial charge in [-0.05, 0) is 0 Å². The van der Waals surface area contributed by atoms with Crippen LogP contribution < -0.4 is 17.2 Å². The molecule has 90 valence electrons. The first-order valence-corrected chi connectivity index (χ1v) is 4.93. The lowest BCUT2D eigenvalue weighted by molar-refractivity contribution is -0.107. The SMILES string of the molecule is COC1C(N)C(OC)C(N)C(OC)C1N. The van der Waals surface area contributed by atoms with Gasteiger partial charge in [-0.15, -0.1) is 0 Å². The maximum Gasteiger partial charge on any atom is 0.0924 e. The summed E-state index contributed by atoms with van der Waals surface area (Å²) in [4.78, 5) is 0. The molecule has 0 unspecified atom stereocenters. The molecule has 0 aromatic rings. The van der Waals surface area contributed by atoms with Crippen molar-refractivity contribution in [1.82, 2.24) is 0 Å². The molecular weight excluding hydrogens is 198 g/mol. The summed E-state index contributed by atoms with van der Waals surface area (Å²) in [6.45, 7) is 0. The first-order valence-electron chi connectivity index (χ1n) is 4.93. The van der Waals surface area contributed by atoms with E-state index in [9.17, 15) is 0 Å². The average molecular weight is 219 g/mol. The number of hydrogen-bond acceptors (Lipinski definition) is 6. The zero-order chi connectivity index (χ0) is 11.6. The van der Waals surface area contributed by atoms with Crippen LogP contribution in [0.2, 0.25) is 0 Å². The van der Waals surface area contributed by atoms with Crippen LogP contribution in [0.1, 0.15) is 0 Å². The molecule has 1 aliphatic carbocycles. The summed E-state index contributed by atoms with van der Waals surface area (Å²) >= 11 is 0. The van der Waals surface area contributed by atoms with Crippen molar-refractivity contribution < 1.29 is 14.2 Å². The van der Waals surface area contributed by atoms with Gasteiger partial charge in [-0.2, -0.15) is 0 Å². The largest absolute Gasteiger partial charge is 0.378 e. The molecule has 0 amide bonds. The van der Waals surface area contributed by atoms with Crippen molar-refractivity contribution in [3.8, 4) is 0 Å². The zero-order valence-electron chi connectivity index (χ0n) is 9.42. The molecule has 1 aliphatic rings. The predicted molar refractivity (Wildman–Crippen MR) is 56.3 cm³/mol. The Kier molecular flexibility index (Phi) is 4.45. The van der Waals surface area contributed by atoms with Gasteiger partial charge < -0.3 is 31.4 Å². The van der Waals surface area contributed by atoms with E-state index in [4.69, 9.17) is 31.4 Å². The Morgan fingerprint density at radius 3 is 0.933 bits per heavy atom. The number of rotatable bonds is 3. The molecule has 6 N–H and O–H groups in total. The summed E-state index contributed by atoms with van der Waals surface area (Å²) < 4.78 is 15.8. The summed E-state index contributed by atoms with van der Waals surface area (Å²) in [5.74, 6) is 0. The van der Waals surface area contributed by atoms with E-state index in [-0.39, 0.29) is 36.4 Å². The van der Waals surface area contributed by atoms with Gasteiger partial charge >= 0.3 is 0 Å². The quantitative estimate of drug-likeness (QED) is 0.508. The maximum atomic E-state index is 5.98. The highest BCUT2D eigenvalue weighted by atomic mass is 16.5. The van der Waals surface area contributed by atoms with E-state index in [1.807, 2.05) is 0 Å². The molecule has 6 heteroatoms. The van der Waals surface area contributed by atoms with E-state index in [0.29, 0.717) is 0 Å². The number of hydrogen-bond donors (Lipinski definition) is 3. The Balaban J connectivity index is 2.87. The molecular formula is C9H21N3O3. The Bertz CT molecular complexity index is 160. The smallest absolute Gasteiger partial charge is 0.0924 e. The van der Waals surface area contributed by atoms with Crippen LogP contribution in [0.3, 0.4) is 0 Å². The molecule has 15 heavy (non-hydrogen) atoms. The third-order valence-corrected chi connectivity index (χ3v) is 3.09. The van der Waals surface area contributed by atoms with Gasteiger partial charge in [0.2, 0.25) is 0 Å². The normalized spacial score (nSPS) is 46.8. The van der Waals surface area contributed by atoms with Crippen molar-refractivity contribution >= 4 is 0 Å². The van der Waals surface area contributed by atoms with Gasteiger partial charge in [0.15, 0.2) is 0 Å². The van der Waals surface area contributed by atoms with Crippen molar-refractivity contribution in [3.63, 3.8) is 0 Å². The molecule has 0 atom stereocenters. The van der Waals surface area contributed by atoms with E-state index < -0.39 is 0 Å². The monoisotopic (exact) mass is 219 g/mol. The molecule has 0 saturated heterocycles. The molecule has 0 heterocycles. The van der Waals surface area contributed by atoms with E-state index in [2.05, 4.69) is 0 Å². The molecule has 0 aromatic carbocycles. The number of ether oxygens (including phenoxy) is 3. The molecule has 0 aliphatic heterocycles. The predicted octanol–water partition coefficient (Wildman–Crippen LogP) is -1.97. The molecule has 1 fully saturated rings. The van der Waals surface area contributed by atoms with Crippen LogP contribution in [0.25, 0.3) is 0 Å². The summed E-state index contributed by atoms with van der Waals surface area (Å²) in [7, 11) is 4.71. The van der Waals surface area contributed by atoms with E-state index in [0.717, 1.165) is 0 Å². The van der Waals surface area contributed by atoms with Crippen LogP contribution in [0.4, 0.5) is 0 Å². The minimum absolute atomic E-state index is 0.306. The summed E-state index contributed by atoms with van der Waals surface area (Å²) in [6.07, 6.45) is -0.918. The maximum absolute atomic E-state index is 5.98. The van der Waals surface area contributed by atoms with Crippen molar-refractivity contribution in [2.45, 2.75) is 36.4 Å². The van der Waals surface area contributed by atoms with Gasteiger partial charge in [-0.3, -0.25) is 0 Å². The Morgan fingerprint density at radius 1 is 0.600 bits per heavy atom. The molecule has 1 saturated carbocycles. The highest BCUT2D eigenvalue weighted by Gasteiger charge is 2.47. The van der Waals surface area contributed by atoms with Crippen LogP contribution in [-0.2, 0) is 14.2 Å². The van der Waals surface area contributed by atoms with Crippen LogP contribution in [0.5, 0.6) is 0 Å². The van der Waals surface area contributed by atoms with E-state index in [1.165, 1.54) is 0 Å². The topological polar surface area (TPSA) is 106 Å². The second-order valence-electron chi connectivity index (χ2n) is 3.83. The van der Waals surface area contributed by atoms with Crippen LogP contribution in [0.15, 0.2) is 0 Å². The lowest BCUT2D eigenvalue weighted by atomic mass is 9.81. The van der Waals surface area contributed by atoms with Crippen LogP contribution in [0, 0.1) is 0 Å². The zero-order valence-corrected chi connectivity index (χ0v) is 9.42. The first kappa shape index (κ1) is 12.8. The highest BCUT2D eigenvalue weighted by Crippen LogP contribution is 2.23. The highest BCUT2D eigenvalue weighted by molar-refractivity contribution is 5.06. The molecule has 0 aromatic heterocycles. The Labute approximate surface area is 90.0 Å². The van der Waals surface area contributed by atoms with Gasteiger partial charge in [-0.25, -0.2) is 0 Å². The van der Waals surface area contributed by atoms with Crippen molar-refractivity contribution in [2.75, 3.05) is 21.3 Å². The van der Waals surface area contributed by atoms with Gasteiger partial charge in [0.1, 0.15) is 0 Å². The minimum Gasteiger partial charge on any atom is -0.378 e. The summed E-state index contributed by atoms with van der Waals surface area (Å²) in [5, 5.41) is 0. The van der Waals surface area contributed by atoms with Crippen molar-refractivity contribution in [2.24, 2.45) is 17.2 Å². The standard InChI is InChI=1S/C9H21N3O3/c1-13-7-4(10)8(14-2)6(12)9(15-3)5(7)11/h4-9H,10-12H2,1-3H3. The number of methoxy groups -OCH3 is 3. The fourth-order valence-corrected chi connectivity index (χ4v) is 2.27. The van der Waals surface area contributed by atoms with Crippen LogP contribution >= 0.6 is 0 Å². The molecule has 0 bridgehead atoms. The van der Waals surface area contributed by atoms with Gasteiger partial charge in [0.05, 0.1) is 36.4 Å². The lowest BCUT2D eigenvalue weighted by Gasteiger charge is -2.46. The third kappa shape index (κ3) is 2.15. The summed E-state index contributed by atoms with van der Waals surface area (Å²) in [6, 6.07) is -1.01. The molecule has 0 radical (unpaired) electrons. The second-order valence-corrected chi connectivity index (χ2v) is 3.83. The van der Waals surface area contributed by atoms with Crippen LogP contribution in [-0.4, -0.2) is 57.8 Å². The fourth-order valence-electron chi connectivity index (χ4n) is 2.27. The summed E-state index contributed by atoms with van der Waals surface area (Å²) in [5.41, 5.74) is 17.9. The average Bonchev–Trinajstić information content (AvgIpc) is 2.19. The van der Waals surface area contributed by atoms with E-state index >= 15 is 0 Å². The second kappa shape index (κ2) is 5.20. The van der Waals surface area contributed by atoms with Crippen molar-refractivity contribution in [1.29, 1.82) is 0 Å². The Morgan fingerprint density at radius 2 is 0.800 bits per heavy atom. The Hall–Kier alpha value is -0.240. The minimum atomic E-state index is -0.337. The van der Waals surface area contributed by atoms with Gasteiger partial charge in [-0.1, -0.05) is 0 Å². The van der Waals surface area contributed by atoms with Gasteiger partial charge in [0, 0.05) is 21.3 Å². The first-order chi connectivity index (χ1) is 7.08. The molecule has 6 nitrogen and oxygen atoms in total. The van der Waals surface area contributed by atoms with E-state index in [1.54, 1.807) is 21.3 Å². The van der Waals surface area contributed by atoms with Crippen molar-refractivity contribution in [3.05, 3.63) is 0 Å². The fraction of sp³-hybridized carbons (Fsp3) is 1.00. The number of nitrogens with two attached hydrogens (primary N) is 3. The van der Waals surface area contributed by atoms with Gasteiger partial charge in [0.25, 0.3) is 0 Å². The molecule has 0 spiro atoms.